The Kier molecular flexibility index (Phi) is 5.23. The van der Waals surface area contributed by atoms with E-state index in [2.05, 4.69) is 19.2 Å². The molecule has 1 aliphatic heterocycles. The third-order valence-corrected chi connectivity index (χ3v) is 4.08. The summed E-state index contributed by atoms with van der Waals surface area (Å²) < 4.78 is 10.6. The monoisotopic (exact) mass is 291 g/mol. The molecule has 21 heavy (non-hydrogen) atoms. The highest BCUT2D eigenvalue weighted by Crippen LogP contribution is 2.25. The first-order chi connectivity index (χ1) is 10.0. The molecule has 0 spiro atoms. The van der Waals surface area contributed by atoms with Gasteiger partial charge < -0.3 is 14.8 Å². The normalized spacial score (nSPS) is 22.1. The van der Waals surface area contributed by atoms with Crippen LogP contribution in [0, 0.1) is 12.8 Å². The molecule has 1 aromatic carbocycles. The van der Waals surface area contributed by atoms with Gasteiger partial charge in [0.15, 0.2) is 0 Å². The Bertz CT molecular complexity index is 499. The number of anilines is 1. The summed E-state index contributed by atoms with van der Waals surface area (Å²) in [7, 11) is 1.40. The Morgan fingerprint density at radius 3 is 2.86 bits per heavy atom. The summed E-state index contributed by atoms with van der Waals surface area (Å²) in [5.74, 6) is 0.224. The van der Waals surface area contributed by atoms with Gasteiger partial charge >= 0.3 is 5.97 Å². The van der Waals surface area contributed by atoms with Crippen LogP contribution in [0.1, 0.15) is 42.6 Å². The second-order valence-electron chi connectivity index (χ2n) is 6.04. The van der Waals surface area contributed by atoms with E-state index in [0.717, 1.165) is 30.7 Å². The predicted molar refractivity (Wildman–Crippen MR) is 83.7 cm³/mol. The number of ether oxygens (including phenoxy) is 2. The van der Waals surface area contributed by atoms with Crippen molar-refractivity contribution in [1.82, 2.24) is 0 Å². The van der Waals surface area contributed by atoms with Gasteiger partial charge in [0, 0.05) is 18.3 Å². The zero-order valence-corrected chi connectivity index (χ0v) is 13.3. The number of hydrogen-bond acceptors (Lipinski definition) is 4. The van der Waals surface area contributed by atoms with Crippen molar-refractivity contribution in [3.63, 3.8) is 0 Å². The Balaban J connectivity index is 2.09. The zero-order valence-electron chi connectivity index (χ0n) is 13.3. The van der Waals surface area contributed by atoms with E-state index in [4.69, 9.17) is 9.47 Å². The summed E-state index contributed by atoms with van der Waals surface area (Å²) in [6, 6.07) is 6.01. The number of nitrogens with one attached hydrogen (secondary N) is 1. The molecule has 2 unspecified atom stereocenters. The van der Waals surface area contributed by atoms with Crippen molar-refractivity contribution in [1.29, 1.82) is 0 Å². The van der Waals surface area contributed by atoms with Gasteiger partial charge in [0.2, 0.25) is 0 Å². The quantitative estimate of drug-likeness (QED) is 0.864. The van der Waals surface area contributed by atoms with E-state index in [1.807, 2.05) is 19.1 Å². The summed E-state index contributed by atoms with van der Waals surface area (Å²) in [5.41, 5.74) is 2.72. The molecule has 1 aromatic rings. The van der Waals surface area contributed by atoms with E-state index in [-0.39, 0.29) is 5.97 Å². The highest BCUT2D eigenvalue weighted by Gasteiger charge is 2.25. The highest BCUT2D eigenvalue weighted by atomic mass is 16.5. The SMILES string of the molecule is COC(=O)c1ccc(C)c(NC2CCOC(C(C)C)C2)c1. The fourth-order valence-electron chi connectivity index (χ4n) is 2.67. The molecule has 1 N–H and O–H groups in total. The number of esters is 1. The van der Waals surface area contributed by atoms with Gasteiger partial charge in [0.1, 0.15) is 0 Å². The maximum absolute atomic E-state index is 11.6. The topological polar surface area (TPSA) is 47.6 Å². The van der Waals surface area contributed by atoms with E-state index < -0.39 is 0 Å². The van der Waals surface area contributed by atoms with Gasteiger partial charge in [-0.2, -0.15) is 0 Å². The van der Waals surface area contributed by atoms with Crippen LogP contribution in [0.2, 0.25) is 0 Å². The predicted octanol–water partition coefficient (Wildman–Crippen LogP) is 3.40. The maximum Gasteiger partial charge on any atom is 0.337 e. The van der Waals surface area contributed by atoms with E-state index in [1.165, 1.54) is 7.11 Å². The summed E-state index contributed by atoms with van der Waals surface area (Å²) >= 11 is 0. The number of aryl methyl sites for hydroxylation is 1. The van der Waals surface area contributed by atoms with Crippen LogP contribution >= 0.6 is 0 Å². The Morgan fingerprint density at radius 2 is 2.19 bits per heavy atom. The number of carbonyl (C=O) groups excluding carboxylic acids is 1. The molecule has 1 aliphatic rings. The van der Waals surface area contributed by atoms with Crippen LogP contribution in [0.4, 0.5) is 5.69 Å². The third-order valence-electron chi connectivity index (χ3n) is 4.08. The van der Waals surface area contributed by atoms with E-state index in [0.29, 0.717) is 23.6 Å². The van der Waals surface area contributed by atoms with Crippen molar-refractivity contribution < 1.29 is 14.3 Å². The van der Waals surface area contributed by atoms with Crippen LogP contribution in [0.3, 0.4) is 0 Å². The van der Waals surface area contributed by atoms with Crippen molar-refractivity contribution in [3.05, 3.63) is 29.3 Å². The summed E-state index contributed by atoms with van der Waals surface area (Å²) in [6.07, 6.45) is 2.30. The minimum Gasteiger partial charge on any atom is -0.465 e. The minimum absolute atomic E-state index is 0.301. The van der Waals surface area contributed by atoms with Gasteiger partial charge in [-0.15, -0.1) is 0 Å². The minimum atomic E-state index is -0.301. The number of hydrogen-bond donors (Lipinski definition) is 1. The fourth-order valence-corrected chi connectivity index (χ4v) is 2.67. The van der Waals surface area contributed by atoms with Crippen LogP contribution in [0.25, 0.3) is 0 Å². The van der Waals surface area contributed by atoms with E-state index in [1.54, 1.807) is 6.07 Å². The lowest BCUT2D eigenvalue weighted by atomic mass is 9.95. The average Bonchev–Trinajstić information content (AvgIpc) is 2.49. The van der Waals surface area contributed by atoms with Gasteiger partial charge in [-0.3, -0.25) is 0 Å². The lowest BCUT2D eigenvalue weighted by Gasteiger charge is -2.33. The second kappa shape index (κ2) is 6.94. The molecule has 1 heterocycles. The molecule has 0 amide bonds. The van der Waals surface area contributed by atoms with E-state index >= 15 is 0 Å². The Morgan fingerprint density at radius 1 is 1.43 bits per heavy atom. The molecule has 0 bridgehead atoms. The van der Waals surface area contributed by atoms with Crippen molar-refractivity contribution in [3.8, 4) is 0 Å². The first-order valence-corrected chi connectivity index (χ1v) is 7.58. The standard InChI is InChI=1S/C17H25NO3/c1-11(2)16-10-14(7-8-21-16)18-15-9-13(17(19)20-4)6-5-12(15)3/h5-6,9,11,14,16,18H,7-8,10H2,1-4H3. The Hall–Kier alpha value is -1.55. The molecular weight excluding hydrogens is 266 g/mol. The molecule has 4 nitrogen and oxygen atoms in total. The van der Waals surface area contributed by atoms with Gasteiger partial charge in [-0.1, -0.05) is 19.9 Å². The highest BCUT2D eigenvalue weighted by molar-refractivity contribution is 5.90. The molecule has 4 heteroatoms. The first kappa shape index (κ1) is 15.8. The zero-order chi connectivity index (χ0) is 15.4. The molecule has 0 saturated carbocycles. The molecule has 116 valence electrons. The number of carbonyl (C=O) groups is 1. The molecule has 2 rings (SSSR count). The molecule has 1 fully saturated rings. The smallest absolute Gasteiger partial charge is 0.337 e. The van der Waals surface area contributed by atoms with Crippen LogP contribution < -0.4 is 5.32 Å². The summed E-state index contributed by atoms with van der Waals surface area (Å²) in [4.78, 5) is 11.6. The molecule has 1 saturated heterocycles. The first-order valence-electron chi connectivity index (χ1n) is 7.58. The number of benzene rings is 1. The Labute approximate surface area is 126 Å². The van der Waals surface area contributed by atoms with Gasteiger partial charge in [-0.05, 0) is 43.4 Å². The van der Waals surface area contributed by atoms with Crippen molar-refractivity contribution in [2.45, 2.75) is 45.8 Å². The maximum atomic E-state index is 11.6. The summed E-state index contributed by atoms with van der Waals surface area (Å²) in [6.45, 7) is 7.21. The van der Waals surface area contributed by atoms with Crippen LogP contribution in [0.5, 0.6) is 0 Å². The van der Waals surface area contributed by atoms with Crippen molar-refractivity contribution in [2.75, 3.05) is 19.0 Å². The largest absolute Gasteiger partial charge is 0.465 e. The molecule has 0 aliphatic carbocycles. The van der Waals surface area contributed by atoms with Crippen molar-refractivity contribution >= 4 is 11.7 Å². The second-order valence-corrected chi connectivity index (χ2v) is 6.04. The summed E-state index contributed by atoms with van der Waals surface area (Å²) in [5, 5.41) is 3.57. The van der Waals surface area contributed by atoms with Crippen molar-refractivity contribution in [2.24, 2.45) is 5.92 Å². The molecule has 2 atom stereocenters. The number of methoxy groups -OCH3 is 1. The van der Waals surface area contributed by atoms with Gasteiger partial charge in [0.25, 0.3) is 0 Å². The average molecular weight is 291 g/mol. The molecule has 0 radical (unpaired) electrons. The van der Waals surface area contributed by atoms with Gasteiger partial charge in [0.05, 0.1) is 18.8 Å². The van der Waals surface area contributed by atoms with Crippen LogP contribution in [-0.4, -0.2) is 31.8 Å². The fraction of sp³-hybridized carbons (Fsp3) is 0.588. The molecule has 0 aromatic heterocycles. The third kappa shape index (κ3) is 3.97. The van der Waals surface area contributed by atoms with Crippen LogP contribution in [0.15, 0.2) is 18.2 Å². The molecular formula is C17H25NO3. The van der Waals surface area contributed by atoms with E-state index in [9.17, 15) is 4.79 Å². The van der Waals surface area contributed by atoms with Gasteiger partial charge in [-0.25, -0.2) is 4.79 Å². The number of rotatable bonds is 4. The lowest BCUT2D eigenvalue weighted by Crippen LogP contribution is -2.36. The lowest BCUT2D eigenvalue weighted by molar-refractivity contribution is -0.0160. The van der Waals surface area contributed by atoms with Crippen LogP contribution in [-0.2, 0) is 9.47 Å².